The van der Waals surface area contributed by atoms with E-state index < -0.39 is 9.84 Å². The maximum Gasteiger partial charge on any atom is 0.268 e. The van der Waals surface area contributed by atoms with Crippen molar-refractivity contribution >= 4 is 43.4 Å². The van der Waals surface area contributed by atoms with Gasteiger partial charge in [-0.15, -0.1) is 22.7 Å². The van der Waals surface area contributed by atoms with E-state index in [4.69, 9.17) is 0 Å². The molecule has 26 heavy (non-hydrogen) atoms. The number of sulfone groups is 1. The molecule has 0 radical (unpaired) electrons. The highest BCUT2D eigenvalue weighted by Gasteiger charge is 2.21. The van der Waals surface area contributed by atoms with Gasteiger partial charge in [0.05, 0.1) is 5.69 Å². The molecule has 0 saturated carbocycles. The molecule has 3 aromatic rings. The Hall–Kier alpha value is -2.03. The van der Waals surface area contributed by atoms with Crippen LogP contribution in [0.1, 0.15) is 26.5 Å². The number of hydrogen-bond donors (Lipinski definition) is 1. The van der Waals surface area contributed by atoms with Crippen LogP contribution in [0.5, 0.6) is 0 Å². The van der Waals surface area contributed by atoms with Gasteiger partial charge in [0.25, 0.3) is 5.91 Å². The van der Waals surface area contributed by atoms with Crippen LogP contribution in [0.25, 0.3) is 10.6 Å². The van der Waals surface area contributed by atoms with Gasteiger partial charge in [0.15, 0.2) is 9.84 Å². The van der Waals surface area contributed by atoms with E-state index in [2.05, 4.69) is 16.4 Å². The van der Waals surface area contributed by atoms with Gasteiger partial charge >= 0.3 is 0 Å². The van der Waals surface area contributed by atoms with Crippen LogP contribution >= 0.6 is 22.7 Å². The lowest BCUT2D eigenvalue weighted by Crippen LogP contribution is -2.12. The Morgan fingerprint density at radius 3 is 2.54 bits per heavy atom. The van der Waals surface area contributed by atoms with Crippen LogP contribution in [0.2, 0.25) is 0 Å². The summed E-state index contributed by atoms with van der Waals surface area (Å²) in [4.78, 5) is 17.8. The molecule has 1 aromatic carbocycles. The van der Waals surface area contributed by atoms with Crippen LogP contribution in [-0.4, -0.2) is 25.6 Å². The van der Waals surface area contributed by atoms with E-state index in [1.165, 1.54) is 34.3 Å². The van der Waals surface area contributed by atoms with Crippen molar-refractivity contribution in [3.8, 4) is 10.6 Å². The Bertz CT molecular complexity index is 1090. The number of anilines is 1. The normalized spacial score (nSPS) is 11.5. The number of thiophene rings is 1. The number of thiazole rings is 1. The first-order chi connectivity index (χ1) is 12.2. The molecule has 1 amide bonds. The molecule has 0 fully saturated rings. The summed E-state index contributed by atoms with van der Waals surface area (Å²) in [7, 11) is -3.39. The van der Waals surface area contributed by atoms with Crippen LogP contribution in [0, 0.1) is 20.8 Å². The maximum absolute atomic E-state index is 12.7. The minimum absolute atomic E-state index is 0.132. The van der Waals surface area contributed by atoms with Crippen molar-refractivity contribution in [2.45, 2.75) is 25.7 Å². The Morgan fingerprint density at radius 2 is 1.88 bits per heavy atom. The van der Waals surface area contributed by atoms with Crippen LogP contribution in [0.15, 0.2) is 34.5 Å². The molecule has 2 aromatic heterocycles. The number of amides is 1. The number of benzene rings is 1. The second-order valence-electron chi connectivity index (χ2n) is 6.09. The van der Waals surface area contributed by atoms with Crippen LogP contribution in [0.3, 0.4) is 0 Å². The third-order valence-corrected chi connectivity index (χ3v) is 7.16. The van der Waals surface area contributed by atoms with Gasteiger partial charge in [-0.25, -0.2) is 13.4 Å². The number of rotatable bonds is 4. The van der Waals surface area contributed by atoms with Gasteiger partial charge in [-0.2, -0.15) is 0 Å². The van der Waals surface area contributed by atoms with Gasteiger partial charge in [0.1, 0.15) is 19.8 Å². The SMILES string of the molecule is Cc1ccc(-c2nc(C)c(C(=O)Nc3sccc3S(C)(=O)=O)s2)c(C)c1. The lowest BCUT2D eigenvalue weighted by atomic mass is 10.1. The number of carbonyl (C=O) groups is 1. The number of nitrogens with one attached hydrogen (secondary N) is 1. The average Bonchev–Trinajstić information content (AvgIpc) is 3.13. The molecule has 5 nitrogen and oxygen atoms in total. The van der Waals surface area contributed by atoms with Gasteiger partial charge in [-0.05, 0) is 37.8 Å². The minimum atomic E-state index is -3.39. The number of nitrogens with zero attached hydrogens (tertiary/aromatic N) is 1. The van der Waals surface area contributed by atoms with Crippen molar-refractivity contribution in [2.24, 2.45) is 0 Å². The quantitative estimate of drug-likeness (QED) is 0.694. The van der Waals surface area contributed by atoms with Crippen LogP contribution < -0.4 is 5.32 Å². The lowest BCUT2D eigenvalue weighted by molar-refractivity contribution is 0.103. The van der Waals surface area contributed by atoms with Crippen molar-refractivity contribution < 1.29 is 13.2 Å². The fraction of sp³-hybridized carbons (Fsp3) is 0.222. The molecule has 0 unspecified atom stereocenters. The monoisotopic (exact) mass is 406 g/mol. The van der Waals surface area contributed by atoms with E-state index in [-0.39, 0.29) is 10.8 Å². The van der Waals surface area contributed by atoms with Crippen molar-refractivity contribution in [2.75, 3.05) is 11.6 Å². The standard InChI is InChI=1S/C18H18N2O3S3/c1-10-5-6-13(11(2)9-10)17-19-12(3)15(25-17)16(21)20-18-14(7-8-24-18)26(4,22)23/h5-9H,1-4H3,(H,20,21). The zero-order valence-electron chi connectivity index (χ0n) is 14.8. The van der Waals surface area contributed by atoms with E-state index >= 15 is 0 Å². The van der Waals surface area contributed by atoms with Crippen LogP contribution in [-0.2, 0) is 9.84 Å². The summed E-state index contributed by atoms with van der Waals surface area (Å²) in [6.45, 7) is 5.83. The summed E-state index contributed by atoms with van der Waals surface area (Å²) in [6.07, 6.45) is 1.13. The molecule has 3 rings (SSSR count). The van der Waals surface area contributed by atoms with Crippen molar-refractivity contribution in [1.82, 2.24) is 4.98 Å². The number of carbonyl (C=O) groups excluding carboxylic acids is 1. The molecule has 1 N–H and O–H groups in total. The van der Waals surface area contributed by atoms with E-state index in [0.717, 1.165) is 22.4 Å². The van der Waals surface area contributed by atoms with E-state index in [1.54, 1.807) is 12.3 Å². The molecular formula is C18H18N2O3S3. The number of aromatic nitrogens is 1. The van der Waals surface area contributed by atoms with Crippen molar-refractivity contribution in [3.63, 3.8) is 0 Å². The zero-order valence-corrected chi connectivity index (χ0v) is 17.2. The van der Waals surface area contributed by atoms with E-state index in [0.29, 0.717) is 15.6 Å². The fourth-order valence-electron chi connectivity index (χ4n) is 2.62. The third kappa shape index (κ3) is 3.72. The van der Waals surface area contributed by atoms with Gasteiger partial charge in [-0.3, -0.25) is 4.79 Å². The third-order valence-electron chi connectivity index (χ3n) is 3.87. The topological polar surface area (TPSA) is 76.1 Å². The Balaban J connectivity index is 1.92. The summed E-state index contributed by atoms with van der Waals surface area (Å²) in [5, 5.41) is 5.47. The largest absolute Gasteiger partial charge is 0.312 e. The fourth-order valence-corrected chi connectivity index (χ4v) is 5.73. The summed E-state index contributed by atoms with van der Waals surface area (Å²) < 4.78 is 23.6. The smallest absolute Gasteiger partial charge is 0.268 e. The highest BCUT2D eigenvalue weighted by molar-refractivity contribution is 7.91. The predicted molar refractivity (Wildman–Crippen MR) is 107 cm³/mol. The molecule has 0 aliphatic carbocycles. The molecule has 0 saturated heterocycles. The molecule has 136 valence electrons. The minimum Gasteiger partial charge on any atom is -0.312 e. The van der Waals surface area contributed by atoms with Gasteiger partial charge in [0.2, 0.25) is 0 Å². The van der Waals surface area contributed by atoms with Crippen molar-refractivity contribution in [3.05, 3.63) is 51.3 Å². The van der Waals surface area contributed by atoms with Crippen molar-refractivity contribution in [1.29, 1.82) is 0 Å². The first-order valence-electron chi connectivity index (χ1n) is 7.81. The predicted octanol–water partition coefficient (Wildman–Crippen LogP) is 4.45. The van der Waals surface area contributed by atoms with Crippen LogP contribution in [0.4, 0.5) is 5.00 Å². The van der Waals surface area contributed by atoms with Gasteiger partial charge in [0, 0.05) is 11.8 Å². The molecule has 0 aliphatic rings. The molecule has 0 atom stereocenters. The molecular weight excluding hydrogens is 388 g/mol. The summed E-state index contributed by atoms with van der Waals surface area (Å²) in [5.74, 6) is -0.344. The summed E-state index contributed by atoms with van der Waals surface area (Å²) in [5.41, 5.74) is 3.89. The molecule has 0 aliphatic heterocycles. The second kappa shape index (κ2) is 6.94. The van der Waals surface area contributed by atoms with Gasteiger partial charge in [-0.1, -0.05) is 23.8 Å². The first-order valence-corrected chi connectivity index (χ1v) is 11.4. The molecule has 2 heterocycles. The zero-order chi connectivity index (χ0) is 19.1. The highest BCUT2D eigenvalue weighted by Crippen LogP contribution is 2.33. The lowest BCUT2D eigenvalue weighted by Gasteiger charge is -2.04. The Kier molecular flexibility index (Phi) is 5.01. The second-order valence-corrected chi connectivity index (χ2v) is 9.99. The average molecular weight is 407 g/mol. The molecule has 0 bridgehead atoms. The number of hydrogen-bond acceptors (Lipinski definition) is 6. The Labute approximate surface area is 160 Å². The number of aryl methyl sites for hydroxylation is 3. The summed E-state index contributed by atoms with van der Waals surface area (Å²) in [6, 6.07) is 7.60. The molecule has 0 spiro atoms. The van der Waals surface area contributed by atoms with Gasteiger partial charge < -0.3 is 5.32 Å². The highest BCUT2D eigenvalue weighted by atomic mass is 32.2. The van der Waals surface area contributed by atoms with E-state index in [9.17, 15) is 13.2 Å². The maximum atomic E-state index is 12.7. The first kappa shape index (κ1) is 18.8. The summed E-state index contributed by atoms with van der Waals surface area (Å²) >= 11 is 2.49. The van der Waals surface area contributed by atoms with E-state index in [1.807, 2.05) is 26.0 Å². The molecule has 8 heteroatoms. The Morgan fingerprint density at radius 1 is 1.15 bits per heavy atom.